The Morgan fingerprint density at radius 2 is 2.00 bits per heavy atom. The lowest BCUT2D eigenvalue weighted by Gasteiger charge is -2.38. The van der Waals surface area contributed by atoms with Crippen molar-refractivity contribution >= 4 is 11.8 Å². The van der Waals surface area contributed by atoms with Gasteiger partial charge in [-0.05, 0) is 36.6 Å². The summed E-state index contributed by atoms with van der Waals surface area (Å²) < 4.78 is 0. The monoisotopic (exact) mass is 220 g/mol. The summed E-state index contributed by atoms with van der Waals surface area (Å²) in [6.45, 7) is 5.19. The number of amides is 1. The number of likely N-dealkylation sites (tertiary alicyclic amines) is 1. The Morgan fingerprint density at radius 1 is 1.38 bits per heavy atom. The van der Waals surface area contributed by atoms with E-state index in [-0.39, 0.29) is 0 Å². The highest BCUT2D eigenvalue weighted by Crippen LogP contribution is 2.31. The Kier molecular flexibility index (Phi) is 2.50. The van der Waals surface area contributed by atoms with Crippen LogP contribution in [0.4, 0.5) is 10.5 Å². The number of nitrogens with two attached hydrogens (primary N) is 1. The molecule has 0 saturated carbocycles. The zero-order valence-corrected chi connectivity index (χ0v) is 9.53. The van der Waals surface area contributed by atoms with Gasteiger partial charge in [0.05, 0.1) is 0 Å². The van der Waals surface area contributed by atoms with Crippen molar-refractivity contribution < 1.29 is 9.90 Å². The molecule has 0 spiro atoms. The number of hydrogen-bond acceptors (Lipinski definition) is 2. The van der Waals surface area contributed by atoms with E-state index in [9.17, 15) is 4.79 Å². The maximum atomic E-state index is 10.7. The van der Waals surface area contributed by atoms with Crippen LogP contribution in [0.5, 0.6) is 0 Å². The number of nitrogens with zero attached hydrogens (tertiary/aromatic N) is 1. The third-order valence-corrected chi connectivity index (χ3v) is 3.25. The lowest BCUT2D eigenvalue weighted by atomic mass is 9.87. The summed E-state index contributed by atoms with van der Waals surface area (Å²) in [5.74, 6) is 0.329. The number of anilines is 1. The van der Waals surface area contributed by atoms with Gasteiger partial charge < -0.3 is 15.7 Å². The van der Waals surface area contributed by atoms with E-state index in [1.165, 1.54) is 10.5 Å². The fraction of sp³-hybridized carbons (Fsp3) is 0.417. The molecular formula is C12H16N2O2. The molecule has 0 atom stereocenters. The van der Waals surface area contributed by atoms with Gasteiger partial charge in [-0.1, -0.05) is 6.07 Å². The second kappa shape index (κ2) is 3.70. The summed E-state index contributed by atoms with van der Waals surface area (Å²) in [6, 6.07) is 4.04. The first kappa shape index (κ1) is 10.8. The number of aryl methyl sites for hydroxylation is 2. The molecule has 0 radical (unpaired) electrons. The fourth-order valence-corrected chi connectivity index (χ4v) is 2.13. The van der Waals surface area contributed by atoms with Crippen LogP contribution in [-0.2, 0) is 0 Å². The lowest BCUT2D eigenvalue weighted by Crippen LogP contribution is -2.48. The first-order chi connectivity index (χ1) is 7.49. The average Bonchev–Trinajstić information content (AvgIpc) is 2.10. The van der Waals surface area contributed by atoms with Crippen LogP contribution in [0.25, 0.3) is 0 Å². The molecule has 0 aromatic heterocycles. The van der Waals surface area contributed by atoms with Crippen molar-refractivity contribution in [3.05, 3.63) is 28.8 Å². The molecule has 1 fully saturated rings. The van der Waals surface area contributed by atoms with Gasteiger partial charge in [0.2, 0.25) is 0 Å². The van der Waals surface area contributed by atoms with E-state index in [0.717, 1.165) is 16.8 Å². The van der Waals surface area contributed by atoms with E-state index in [0.29, 0.717) is 19.0 Å². The van der Waals surface area contributed by atoms with E-state index < -0.39 is 6.09 Å². The highest BCUT2D eigenvalue weighted by molar-refractivity contribution is 5.67. The standard InChI is InChI=1S/C12H16N2O2/c1-7-4-11(13)8(2)3-10(7)9-5-14(6-9)12(15)16/h3-4,9H,5-6,13H2,1-2H3,(H,15,16). The number of carbonyl (C=O) groups is 1. The summed E-state index contributed by atoms with van der Waals surface area (Å²) in [5.41, 5.74) is 10.1. The van der Waals surface area contributed by atoms with Crippen molar-refractivity contribution in [2.24, 2.45) is 0 Å². The predicted molar refractivity (Wildman–Crippen MR) is 62.7 cm³/mol. The van der Waals surface area contributed by atoms with Crippen LogP contribution in [0.15, 0.2) is 12.1 Å². The third-order valence-electron chi connectivity index (χ3n) is 3.25. The minimum Gasteiger partial charge on any atom is -0.465 e. The topological polar surface area (TPSA) is 66.6 Å². The molecule has 4 heteroatoms. The number of rotatable bonds is 1. The molecular weight excluding hydrogens is 204 g/mol. The zero-order valence-electron chi connectivity index (χ0n) is 9.53. The number of carboxylic acid groups (broad SMARTS) is 1. The van der Waals surface area contributed by atoms with E-state index in [2.05, 4.69) is 6.07 Å². The zero-order chi connectivity index (χ0) is 11.9. The second-order valence-electron chi connectivity index (χ2n) is 4.45. The average molecular weight is 220 g/mol. The van der Waals surface area contributed by atoms with Crippen molar-refractivity contribution in [1.82, 2.24) is 4.90 Å². The van der Waals surface area contributed by atoms with Crippen LogP contribution in [0.1, 0.15) is 22.6 Å². The molecule has 3 N–H and O–H groups in total. The second-order valence-corrected chi connectivity index (χ2v) is 4.45. The number of hydrogen-bond donors (Lipinski definition) is 2. The van der Waals surface area contributed by atoms with Gasteiger partial charge in [0.1, 0.15) is 0 Å². The first-order valence-electron chi connectivity index (χ1n) is 5.33. The summed E-state index contributed by atoms with van der Waals surface area (Å²) >= 11 is 0. The Hall–Kier alpha value is -1.71. The van der Waals surface area contributed by atoms with Crippen molar-refractivity contribution in [2.75, 3.05) is 18.8 Å². The largest absolute Gasteiger partial charge is 0.465 e. The summed E-state index contributed by atoms with van der Waals surface area (Å²) in [5, 5.41) is 8.77. The summed E-state index contributed by atoms with van der Waals surface area (Å²) in [4.78, 5) is 12.1. The predicted octanol–water partition coefficient (Wildman–Crippen LogP) is 1.96. The van der Waals surface area contributed by atoms with Gasteiger partial charge in [0.15, 0.2) is 0 Å². The maximum Gasteiger partial charge on any atom is 0.407 e. The molecule has 0 unspecified atom stereocenters. The Morgan fingerprint density at radius 3 is 2.56 bits per heavy atom. The summed E-state index contributed by atoms with van der Waals surface area (Å²) in [6.07, 6.45) is -0.832. The Balaban J connectivity index is 2.18. The van der Waals surface area contributed by atoms with Crippen LogP contribution in [0.2, 0.25) is 0 Å². The minimum absolute atomic E-state index is 0.329. The van der Waals surface area contributed by atoms with Crippen LogP contribution in [0, 0.1) is 13.8 Å². The van der Waals surface area contributed by atoms with Gasteiger partial charge in [0.25, 0.3) is 0 Å². The molecule has 16 heavy (non-hydrogen) atoms. The normalized spacial score (nSPS) is 16.0. The van der Waals surface area contributed by atoms with E-state index in [1.807, 2.05) is 19.9 Å². The quantitative estimate of drug-likeness (QED) is 0.711. The van der Waals surface area contributed by atoms with Crippen molar-refractivity contribution in [1.29, 1.82) is 0 Å². The van der Waals surface area contributed by atoms with Gasteiger partial charge in [-0.15, -0.1) is 0 Å². The molecule has 1 aliphatic rings. The van der Waals surface area contributed by atoms with Crippen LogP contribution in [0.3, 0.4) is 0 Å². The molecule has 86 valence electrons. The molecule has 1 amide bonds. The highest BCUT2D eigenvalue weighted by atomic mass is 16.4. The fourth-order valence-electron chi connectivity index (χ4n) is 2.13. The van der Waals surface area contributed by atoms with Gasteiger partial charge >= 0.3 is 6.09 Å². The molecule has 1 heterocycles. The van der Waals surface area contributed by atoms with Gasteiger partial charge in [0, 0.05) is 24.7 Å². The lowest BCUT2D eigenvalue weighted by molar-refractivity contribution is 0.105. The number of nitrogen functional groups attached to an aromatic ring is 1. The minimum atomic E-state index is -0.832. The molecule has 0 bridgehead atoms. The highest BCUT2D eigenvalue weighted by Gasteiger charge is 2.32. The SMILES string of the molecule is Cc1cc(C2CN(C(=O)O)C2)c(C)cc1N. The van der Waals surface area contributed by atoms with E-state index >= 15 is 0 Å². The van der Waals surface area contributed by atoms with Crippen LogP contribution < -0.4 is 5.73 Å². The molecule has 2 rings (SSSR count). The molecule has 1 saturated heterocycles. The van der Waals surface area contributed by atoms with Gasteiger partial charge in [-0.25, -0.2) is 4.79 Å². The van der Waals surface area contributed by atoms with E-state index in [4.69, 9.17) is 10.8 Å². The smallest absolute Gasteiger partial charge is 0.407 e. The molecule has 4 nitrogen and oxygen atoms in total. The molecule has 1 aliphatic heterocycles. The first-order valence-corrected chi connectivity index (χ1v) is 5.33. The van der Waals surface area contributed by atoms with Crippen LogP contribution in [-0.4, -0.2) is 29.2 Å². The Bertz CT molecular complexity index is 437. The van der Waals surface area contributed by atoms with Gasteiger partial charge in [-0.2, -0.15) is 0 Å². The summed E-state index contributed by atoms with van der Waals surface area (Å²) in [7, 11) is 0. The van der Waals surface area contributed by atoms with E-state index in [1.54, 1.807) is 0 Å². The molecule has 1 aromatic rings. The van der Waals surface area contributed by atoms with Crippen molar-refractivity contribution in [3.63, 3.8) is 0 Å². The van der Waals surface area contributed by atoms with Gasteiger partial charge in [-0.3, -0.25) is 0 Å². The van der Waals surface area contributed by atoms with Crippen LogP contribution >= 0.6 is 0 Å². The number of benzene rings is 1. The molecule has 0 aliphatic carbocycles. The maximum absolute atomic E-state index is 10.7. The van der Waals surface area contributed by atoms with Crippen molar-refractivity contribution in [2.45, 2.75) is 19.8 Å². The molecule has 1 aromatic carbocycles. The van der Waals surface area contributed by atoms with Crippen molar-refractivity contribution in [3.8, 4) is 0 Å². The Labute approximate surface area is 94.7 Å². The third kappa shape index (κ3) is 1.71.